The summed E-state index contributed by atoms with van der Waals surface area (Å²) >= 11 is 0. The number of hydrogen-bond acceptors (Lipinski definition) is 5. The molecule has 120 valence electrons. The minimum absolute atomic E-state index is 0.348. The number of ether oxygens (including phenoxy) is 1. The molecule has 6 nitrogen and oxygen atoms in total. The number of rotatable bonds is 3. The van der Waals surface area contributed by atoms with Crippen molar-refractivity contribution in [2.75, 3.05) is 25.0 Å². The van der Waals surface area contributed by atoms with Gasteiger partial charge in [0.05, 0.1) is 23.3 Å². The Labute approximate surface area is 135 Å². The van der Waals surface area contributed by atoms with Gasteiger partial charge in [0.15, 0.2) is 0 Å². The van der Waals surface area contributed by atoms with Crippen LogP contribution < -0.4 is 10.6 Å². The second-order valence-electron chi connectivity index (χ2n) is 6.13. The Morgan fingerprint density at radius 3 is 2.91 bits per heavy atom. The van der Waals surface area contributed by atoms with Gasteiger partial charge in [-0.15, -0.1) is 0 Å². The lowest BCUT2D eigenvalue weighted by atomic mass is 10.1. The lowest BCUT2D eigenvalue weighted by Crippen LogP contribution is -2.42. The number of H-pyrrole nitrogens is 1. The van der Waals surface area contributed by atoms with E-state index in [0.29, 0.717) is 12.2 Å². The normalized spacial score (nSPS) is 24.9. The number of morpholine rings is 1. The van der Waals surface area contributed by atoms with E-state index in [-0.39, 0.29) is 0 Å². The Bertz CT molecular complexity index is 766. The molecule has 2 aliphatic rings. The maximum absolute atomic E-state index is 5.96. The monoisotopic (exact) mass is 311 g/mol. The molecule has 2 aliphatic heterocycles. The molecule has 4 rings (SSSR count). The Balaban J connectivity index is 1.82. The Kier molecular flexibility index (Phi) is 3.53. The molecule has 0 amide bonds. The minimum Gasteiger partial charge on any atom is -0.404 e. The van der Waals surface area contributed by atoms with Crippen molar-refractivity contribution in [3.05, 3.63) is 30.2 Å². The summed E-state index contributed by atoms with van der Waals surface area (Å²) in [7, 11) is 1.75. The molecule has 0 aromatic carbocycles. The number of allylic oxidation sites excluding steroid dienone is 1. The van der Waals surface area contributed by atoms with Crippen molar-refractivity contribution in [1.82, 2.24) is 9.97 Å². The second kappa shape index (κ2) is 5.70. The summed E-state index contributed by atoms with van der Waals surface area (Å²) in [6, 6.07) is 2.08. The Morgan fingerprint density at radius 2 is 2.22 bits per heavy atom. The van der Waals surface area contributed by atoms with Crippen molar-refractivity contribution in [2.45, 2.75) is 25.0 Å². The van der Waals surface area contributed by atoms with Crippen LogP contribution in [-0.4, -0.2) is 48.5 Å². The van der Waals surface area contributed by atoms with Crippen molar-refractivity contribution in [3.8, 4) is 0 Å². The average Bonchev–Trinajstić information content (AvgIpc) is 3.15. The second-order valence-corrected chi connectivity index (χ2v) is 6.13. The summed E-state index contributed by atoms with van der Waals surface area (Å²) in [5.74, 6) is 0. The van der Waals surface area contributed by atoms with E-state index in [4.69, 9.17) is 10.5 Å². The molecule has 2 atom stereocenters. The van der Waals surface area contributed by atoms with Gasteiger partial charge in [0, 0.05) is 56.1 Å². The topological polar surface area (TPSA) is 79.5 Å². The van der Waals surface area contributed by atoms with Crippen molar-refractivity contribution < 1.29 is 4.74 Å². The average molecular weight is 311 g/mol. The summed E-state index contributed by atoms with van der Waals surface area (Å²) in [5.41, 5.74) is 9.80. The van der Waals surface area contributed by atoms with Crippen LogP contribution in [0.5, 0.6) is 0 Å². The molecule has 0 saturated carbocycles. The largest absolute Gasteiger partial charge is 0.404 e. The highest BCUT2D eigenvalue weighted by Crippen LogP contribution is 2.35. The quantitative estimate of drug-likeness (QED) is 0.849. The Hall–Kier alpha value is -2.34. The van der Waals surface area contributed by atoms with E-state index in [1.54, 1.807) is 19.5 Å². The maximum atomic E-state index is 5.96. The van der Waals surface area contributed by atoms with Crippen molar-refractivity contribution in [1.29, 1.82) is 0 Å². The molecule has 4 heterocycles. The summed E-state index contributed by atoms with van der Waals surface area (Å²) in [6.45, 7) is 1.87. The molecule has 2 unspecified atom stereocenters. The van der Waals surface area contributed by atoms with Crippen LogP contribution in [0.3, 0.4) is 0 Å². The van der Waals surface area contributed by atoms with Crippen LogP contribution in [0.1, 0.15) is 18.4 Å². The van der Waals surface area contributed by atoms with Gasteiger partial charge in [0.25, 0.3) is 0 Å². The molecule has 2 saturated heterocycles. The minimum atomic E-state index is 0.348. The third-order valence-electron chi connectivity index (χ3n) is 4.69. The van der Waals surface area contributed by atoms with Gasteiger partial charge in [-0.2, -0.15) is 0 Å². The zero-order chi connectivity index (χ0) is 15.8. The van der Waals surface area contributed by atoms with Gasteiger partial charge in [-0.1, -0.05) is 0 Å². The fraction of sp³-hybridized carbons (Fsp3) is 0.412. The Morgan fingerprint density at radius 1 is 1.43 bits per heavy atom. The van der Waals surface area contributed by atoms with Gasteiger partial charge >= 0.3 is 0 Å². The molecule has 0 aliphatic carbocycles. The number of anilines is 1. The third kappa shape index (κ3) is 2.39. The first kappa shape index (κ1) is 14.3. The number of nitrogens with two attached hydrogens (primary N) is 1. The van der Waals surface area contributed by atoms with E-state index < -0.39 is 0 Å². The molecule has 0 spiro atoms. The third-order valence-corrected chi connectivity index (χ3v) is 4.69. The van der Waals surface area contributed by atoms with E-state index in [0.717, 1.165) is 48.1 Å². The van der Waals surface area contributed by atoms with E-state index >= 15 is 0 Å². The van der Waals surface area contributed by atoms with Gasteiger partial charge < -0.3 is 20.4 Å². The molecule has 2 fully saturated rings. The number of aliphatic imine (C=N–C) groups is 1. The molecule has 0 radical (unpaired) electrons. The number of hydrogen-bond donors (Lipinski definition) is 2. The van der Waals surface area contributed by atoms with E-state index in [1.165, 1.54) is 5.69 Å². The molecule has 6 heteroatoms. The van der Waals surface area contributed by atoms with E-state index in [9.17, 15) is 0 Å². The lowest BCUT2D eigenvalue weighted by molar-refractivity contribution is 0.0306. The van der Waals surface area contributed by atoms with E-state index in [2.05, 4.69) is 25.9 Å². The summed E-state index contributed by atoms with van der Waals surface area (Å²) in [6.07, 6.45) is 10.2. The highest BCUT2D eigenvalue weighted by molar-refractivity contribution is 6.16. The molecular formula is C17H21N5O. The number of nitrogens with one attached hydrogen (secondary N) is 1. The van der Waals surface area contributed by atoms with Gasteiger partial charge in [-0.25, -0.2) is 4.98 Å². The molecule has 2 aromatic heterocycles. The van der Waals surface area contributed by atoms with Crippen LogP contribution in [0.25, 0.3) is 16.6 Å². The smallest absolute Gasteiger partial charge is 0.139 e. The standard InChI is InChI=1S/C17H21N5O/c1-19-7-11(6-18)14-8-21-17-16(14)15(4-5-20-17)22-9-12-2-3-13(10-22)23-12/h4-8,12-13H,2-3,9-10,18H2,1H3,(H,20,21). The van der Waals surface area contributed by atoms with E-state index in [1.807, 2.05) is 12.4 Å². The lowest BCUT2D eigenvalue weighted by Gasteiger charge is -2.34. The first-order chi connectivity index (χ1) is 11.3. The molecule has 23 heavy (non-hydrogen) atoms. The van der Waals surface area contributed by atoms with Crippen LogP contribution >= 0.6 is 0 Å². The van der Waals surface area contributed by atoms with Crippen LogP contribution in [0, 0.1) is 0 Å². The summed E-state index contributed by atoms with van der Waals surface area (Å²) in [5, 5.41) is 1.10. The zero-order valence-corrected chi connectivity index (χ0v) is 13.2. The zero-order valence-electron chi connectivity index (χ0n) is 13.2. The van der Waals surface area contributed by atoms with Gasteiger partial charge in [-0.05, 0) is 18.9 Å². The number of aromatic nitrogens is 2. The molecule has 2 bridgehead atoms. The summed E-state index contributed by atoms with van der Waals surface area (Å²) < 4.78 is 5.96. The van der Waals surface area contributed by atoms with Gasteiger partial charge in [0.2, 0.25) is 0 Å². The van der Waals surface area contributed by atoms with Crippen LogP contribution in [0.4, 0.5) is 5.69 Å². The number of nitrogens with zero attached hydrogens (tertiary/aromatic N) is 3. The number of aromatic amines is 1. The highest BCUT2D eigenvalue weighted by atomic mass is 16.5. The van der Waals surface area contributed by atoms with Crippen molar-refractivity contribution in [3.63, 3.8) is 0 Å². The first-order valence-electron chi connectivity index (χ1n) is 8.01. The summed E-state index contributed by atoms with van der Waals surface area (Å²) in [4.78, 5) is 14.2. The number of fused-ring (bicyclic) bond motifs is 3. The van der Waals surface area contributed by atoms with Crippen LogP contribution in [-0.2, 0) is 4.74 Å². The highest BCUT2D eigenvalue weighted by Gasteiger charge is 2.34. The predicted molar refractivity (Wildman–Crippen MR) is 92.8 cm³/mol. The van der Waals surface area contributed by atoms with Gasteiger partial charge in [-0.3, -0.25) is 4.99 Å². The van der Waals surface area contributed by atoms with Crippen LogP contribution in [0.15, 0.2) is 29.7 Å². The predicted octanol–water partition coefficient (Wildman–Crippen LogP) is 1.93. The van der Waals surface area contributed by atoms with Crippen molar-refractivity contribution >= 4 is 28.5 Å². The maximum Gasteiger partial charge on any atom is 0.139 e. The SMILES string of the molecule is CN=CC(=CN)c1c[nH]c2nccc(N3CC4CCC(C3)O4)c12. The van der Waals surface area contributed by atoms with Crippen molar-refractivity contribution in [2.24, 2.45) is 10.7 Å². The fourth-order valence-corrected chi connectivity index (χ4v) is 3.68. The molecule has 2 aromatic rings. The van der Waals surface area contributed by atoms with Crippen LogP contribution in [0.2, 0.25) is 0 Å². The molecule has 3 N–H and O–H groups in total. The first-order valence-corrected chi connectivity index (χ1v) is 8.01. The number of pyridine rings is 1. The molecular weight excluding hydrogens is 290 g/mol. The fourth-order valence-electron chi connectivity index (χ4n) is 3.68. The van der Waals surface area contributed by atoms with Gasteiger partial charge in [0.1, 0.15) is 5.65 Å².